The lowest BCUT2D eigenvalue weighted by Crippen LogP contribution is -2.43. The second kappa shape index (κ2) is 2.63. The summed E-state index contributed by atoms with van der Waals surface area (Å²) in [7, 11) is 0. The Morgan fingerprint density at radius 2 is 1.57 bits per heavy atom. The fraction of sp³-hybridized carbons (Fsp3) is 0.500. The topological polar surface area (TPSA) is 86.7 Å². The molecule has 0 saturated carbocycles. The van der Waals surface area contributed by atoms with Gasteiger partial charge in [0.15, 0.2) is 17.8 Å². The van der Waals surface area contributed by atoms with Crippen molar-refractivity contribution >= 4 is 23.7 Å². The van der Waals surface area contributed by atoms with Gasteiger partial charge in [0, 0.05) is 0 Å². The highest BCUT2D eigenvalue weighted by Gasteiger charge is 2.57. The zero-order valence-corrected chi connectivity index (χ0v) is 7.07. The summed E-state index contributed by atoms with van der Waals surface area (Å²) in [6.07, 6.45) is -0.785. The molecule has 2 aliphatic rings. The molecule has 0 aromatic heterocycles. The molecule has 74 valence electrons. The van der Waals surface area contributed by atoms with Crippen LogP contribution in [-0.2, 0) is 28.7 Å². The van der Waals surface area contributed by atoms with Crippen molar-refractivity contribution in [2.24, 2.45) is 5.41 Å². The summed E-state index contributed by atoms with van der Waals surface area (Å²) in [6.45, 7) is -0.362. The number of hydrogen-bond acceptors (Lipinski definition) is 6. The highest BCUT2D eigenvalue weighted by atomic mass is 16.6. The predicted molar refractivity (Wildman–Crippen MR) is 38.7 cm³/mol. The average Bonchev–Trinajstić information content (AvgIpc) is 2.32. The van der Waals surface area contributed by atoms with Gasteiger partial charge in [0.1, 0.15) is 0 Å². The van der Waals surface area contributed by atoms with Crippen molar-refractivity contribution in [3.63, 3.8) is 0 Å². The van der Waals surface area contributed by atoms with E-state index in [9.17, 15) is 19.2 Å². The van der Waals surface area contributed by atoms with Gasteiger partial charge < -0.3 is 9.47 Å². The van der Waals surface area contributed by atoms with E-state index in [1.807, 2.05) is 0 Å². The summed E-state index contributed by atoms with van der Waals surface area (Å²) in [4.78, 5) is 44.4. The minimum absolute atomic E-state index is 0.362. The third-order valence-corrected chi connectivity index (χ3v) is 2.38. The van der Waals surface area contributed by atoms with Crippen LogP contribution in [0.4, 0.5) is 0 Å². The van der Waals surface area contributed by atoms with Crippen molar-refractivity contribution in [1.82, 2.24) is 0 Å². The molecule has 6 heteroatoms. The lowest BCUT2D eigenvalue weighted by molar-refractivity contribution is -0.175. The number of hydrogen-bond donors (Lipinski definition) is 0. The lowest BCUT2D eigenvalue weighted by atomic mass is 9.77. The first-order valence-corrected chi connectivity index (χ1v) is 3.99. The average molecular weight is 198 g/mol. The minimum Gasteiger partial charge on any atom is -0.457 e. The van der Waals surface area contributed by atoms with E-state index in [0.29, 0.717) is 0 Å². The number of carbonyl (C=O) groups is 4. The number of rotatable bonds is 0. The Labute approximate surface area is 78.2 Å². The van der Waals surface area contributed by atoms with Crippen LogP contribution in [-0.4, -0.2) is 30.3 Å². The third kappa shape index (κ3) is 1.03. The van der Waals surface area contributed by atoms with E-state index in [4.69, 9.17) is 0 Å². The molecule has 6 nitrogen and oxygen atoms in total. The molecule has 14 heavy (non-hydrogen) atoms. The SMILES string of the molecule is O=C1CC2(CC(=O)O1)C(=O)COC2=O. The smallest absolute Gasteiger partial charge is 0.321 e. The maximum Gasteiger partial charge on any atom is 0.321 e. The van der Waals surface area contributed by atoms with Crippen LogP contribution in [0.2, 0.25) is 0 Å². The largest absolute Gasteiger partial charge is 0.457 e. The second-order valence-corrected chi connectivity index (χ2v) is 3.28. The molecule has 2 fully saturated rings. The Hall–Kier alpha value is -1.72. The Morgan fingerprint density at radius 3 is 2.00 bits per heavy atom. The van der Waals surface area contributed by atoms with E-state index >= 15 is 0 Å². The summed E-state index contributed by atoms with van der Waals surface area (Å²) in [5.74, 6) is -3.03. The predicted octanol–water partition coefficient (Wildman–Crippen LogP) is -1.04. The number of ether oxygens (including phenoxy) is 2. The highest BCUT2D eigenvalue weighted by molar-refractivity contribution is 6.15. The van der Waals surface area contributed by atoms with Crippen LogP contribution in [0.5, 0.6) is 0 Å². The van der Waals surface area contributed by atoms with Crippen molar-refractivity contribution in [2.75, 3.05) is 6.61 Å². The number of esters is 3. The quantitative estimate of drug-likeness (QED) is 0.365. The van der Waals surface area contributed by atoms with Crippen molar-refractivity contribution in [3.8, 4) is 0 Å². The number of cyclic esters (lactones) is 3. The lowest BCUT2D eigenvalue weighted by Gasteiger charge is -2.24. The second-order valence-electron chi connectivity index (χ2n) is 3.28. The molecule has 0 aromatic carbocycles. The van der Waals surface area contributed by atoms with Crippen LogP contribution < -0.4 is 0 Å². The van der Waals surface area contributed by atoms with Crippen LogP contribution in [0, 0.1) is 5.41 Å². The van der Waals surface area contributed by atoms with E-state index < -0.39 is 41.9 Å². The van der Waals surface area contributed by atoms with Crippen LogP contribution in [0.3, 0.4) is 0 Å². The number of ketones is 1. The van der Waals surface area contributed by atoms with E-state index in [1.165, 1.54) is 0 Å². The van der Waals surface area contributed by atoms with Gasteiger partial charge in [-0.1, -0.05) is 0 Å². The molecule has 0 unspecified atom stereocenters. The van der Waals surface area contributed by atoms with Crippen LogP contribution in [0.1, 0.15) is 12.8 Å². The first-order valence-electron chi connectivity index (χ1n) is 3.99. The van der Waals surface area contributed by atoms with Crippen molar-refractivity contribution in [3.05, 3.63) is 0 Å². The molecule has 0 aliphatic carbocycles. The van der Waals surface area contributed by atoms with Gasteiger partial charge in [-0.15, -0.1) is 0 Å². The van der Waals surface area contributed by atoms with Gasteiger partial charge in [0.05, 0.1) is 12.8 Å². The molecular formula is C8H6O6. The minimum atomic E-state index is -1.59. The molecule has 0 bridgehead atoms. The molecule has 0 amide bonds. The molecule has 2 saturated heterocycles. The maximum atomic E-state index is 11.3. The molecule has 0 atom stereocenters. The summed E-state index contributed by atoms with van der Waals surface area (Å²) >= 11 is 0. The normalized spacial score (nSPS) is 25.1. The van der Waals surface area contributed by atoms with Gasteiger partial charge in [-0.05, 0) is 0 Å². The highest BCUT2D eigenvalue weighted by Crippen LogP contribution is 2.37. The number of Topliss-reactive ketones (excluding diaryl/α,β-unsaturated/α-hetero) is 1. The maximum absolute atomic E-state index is 11.3. The summed E-state index contributed by atoms with van der Waals surface area (Å²) in [5, 5.41) is 0. The Morgan fingerprint density at radius 1 is 1.00 bits per heavy atom. The van der Waals surface area contributed by atoms with Crippen molar-refractivity contribution < 1.29 is 28.7 Å². The zero-order valence-electron chi connectivity index (χ0n) is 7.07. The fourth-order valence-electron chi connectivity index (χ4n) is 1.62. The van der Waals surface area contributed by atoms with E-state index in [-0.39, 0.29) is 6.61 Å². The Bertz CT molecular complexity index is 321. The van der Waals surface area contributed by atoms with Crippen molar-refractivity contribution in [1.29, 1.82) is 0 Å². The van der Waals surface area contributed by atoms with Crippen LogP contribution >= 0.6 is 0 Å². The molecule has 2 rings (SSSR count). The Kier molecular flexibility index (Phi) is 1.67. The fourth-order valence-corrected chi connectivity index (χ4v) is 1.62. The van der Waals surface area contributed by atoms with Crippen LogP contribution in [0.15, 0.2) is 0 Å². The number of carbonyl (C=O) groups excluding carboxylic acids is 4. The molecule has 0 radical (unpaired) electrons. The van der Waals surface area contributed by atoms with Gasteiger partial charge in [-0.2, -0.15) is 0 Å². The molecule has 1 spiro atoms. The first-order chi connectivity index (χ1) is 6.54. The van der Waals surface area contributed by atoms with Gasteiger partial charge in [-0.25, -0.2) is 0 Å². The monoisotopic (exact) mass is 198 g/mol. The van der Waals surface area contributed by atoms with Gasteiger partial charge >= 0.3 is 17.9 Å². The third-order valence-electron chi connectivity index (χ3n) is 2.38. The molecular weight excluding hydrogens is 192 g/mol. The Balaban J connectivity index is 2.38. The van der Waals surface area contributed by atoms with E-state index in [2.05, 4.69) is 9.47 Å². The molecule has 2 heterocycles. The van der Waals surface area contributed by atoms with Gasteiger partial charge in [0.2, 0.25) is 0 Å². The summed E-state index contributed by atoms with van der Waals surface area (Å²) in [5.41, 5.74) is -1.59. The summed E-state index contributed by atoms with van der Waals surface area (Å²) < 4.78 is 8.74. The van der Waals surface area contributed by atoms with E-state index in [0.717, 1.165) is 0 Å². The standard InChI is InChI=1S/C8H6O6/c9-4-3-13-7(12)8(4)1-5(10)14-6(11)2-8/h1-3H2. The molecule has 2 aliphatic heterocycles. The van der Waals surface area contributed by atoms with E-state index in [1.54, 1.807) is 0 Å². The van der Waals surface area contributed by atoms with Crippen molar-refractivity contribution in [2.45, 2.75) is 12.8 Å². The zero-order chi connectivity index (χ0) is 10.3. The summed E-state index contributed by atoms with van der Waals surface area (Å²) in [6, 6.07) is 0. The van der Waals surface area contributed by atoms with Gasteiger partial charge in [-0.3, -0.25) is 19.2 Å². The molecule has 0 aromatic rings. The molecule has 0 N–H and O–H groups in total. The van der Waals surface area contributed by atoms with Crippen LogP contribution in [0.25, 0.3) is 0 Å². The first kappa shape index (κ1) is 8.86. The van der Waals surface area contributed by atoms with Gasteiger partial charge in [0.25, 0.3) is 0 Å².